The van der Waals surface area contributed by atoms with Crippen molar-refractivity contribution in [3.05, 3.63) is 47.5 Å². The van der Waals surface area contributed by atoms with Gasteiger partial charge < -0.3 is 15.0 Å². The van der Waals surface area contributed by atoms with E-state index < -0.39 is 10.0 Å². The van der Waals surface area contributed by atoms with Crippen molar-refractivity contribution in [2.45, 2.75) is 37.0 Å². The van der Waals surface area contributed by atoms with Crippen LogP contribution < -0.4 is 10.2 Å². The second-order valence-corrected chi connectivity index (χ2v) is 11.8. The van der Waals surface area contributed by atoms with Crippen LogP contribution >= 0.6 is 11.8 Å². The minimum atomic E-state index is -3.75. The highest BCUT2D eigenvalue weighted by atomic mass is 32.2. The van der Waals surface area contributed by atoms with Crippen LogP contribution in [0.15, 0.2) is 46.2 Å². The molecule has 0 aromatic heterocycles. The lowest BCUT2D eigenvalue weighted by molar-refractivity contribution is -0.123. The van der Waals surface area contributed by atoms with Gasteiger partial charge in [-0.15, -0.1) is 11.8 Å². The zero-order valence-electron chi connectivity index (χ0n) is 20.2. The second-order valence-electron chi connectivity index (χ2n) is 8.79. The number of morpholine rings is 1. The number of hydrogen-bond donors (Lipinski definition) is 1. The van der Waals surface area contributed by atoms with Crippen molar-refractivity contribution in [1.82, 2.24) is 4.31 Å². The summed E-state index contributed by atoms with van der Waals surface area (Å²) in [6, 6.07) is 10.7. The Bertz CT molecular complexity index is 1230. The highest BCUT2D eigenvalue weighted by Gasteiger charge is 2.33. The van der Waals surface area contributed by atoms with Crippen molar-refractivity contribution in [3.8, 4) is 0 Å². The molecule has 2 aromatic rings. The average Bonchev–Trinajstić information content (AvgIpc) is 2.97. The second kappa shape index (κ2) is 10.7. The number of para-hydroxylation sites is 1. The highest BCUT2D eigenvalue weighted by molar-refractivity contribution is 7.99. The lowest BCUT2D eigenvalue weighted by atomic mass is 10.1. The number of nitrogens with zero attached hydrogens (tertiary/aromatic N) is 2. The van der Waals surface area contributed by atoms with Crippen LogP contribution in [0.5, 0.6) is 0 Å². The summed E-state index contributed by atoms with van der Waals surface area (Å²) in [5, 5.41) is 2.98. The molecular weight excluding hydrogens is 486 g/mol. The molecule has 188 valence electrons. The first-order chi connectivity index (χ1) is 16.7. The summed E-state index contributed by atoms with van der Waals surface area (Å²) in [6.07, 6.45) is 0.763. The van der Waals surface area contributed by atoms with Gasteiger partial charge in [-0.25, -0.2) is 8.42 Å². The monoisotopic (exact) mass is 517 g/mol. The number of benzene rings is 2. The molecule has 0 saturated carbocycles. The molecule has 2 amide bonds. The third-order valence-electron chi connectivity index (χ3n) is 6.31. The van der Waals surface area contributed by atoms with E-state index in [1.165, 1.54) is 27.0 Å². The zero-order chi connectivity index (χ0) is 25.2. The lowest BCUT2D eigenvalue weighted by Gasteiger charge is -2.28. The molecule has 0 radical (unpaired) electrons. The Kier molecular flexibility index (Phi) is 7.85. The smallest absolute Gasteiger partial charge is 0.244 e. The van der Waals surface area contributed by atoms with E-state index in [9.17, 15) is 18.0 Å². The maximum Gasteiger partial charge on any atom is 0.244 e. The third kappa shape index (κ3) is 5.40. The third-order valence-corrected chi connectivity index (χ3v) is 9.53. The number of nitrogens with one attached hydrogen (secondary N) is 1. The Morgan fingerprint density at radius 2 is 1.94 bits per heavy atom. The Morgan fingerprint density at radius 3 is 2.66 bits per heavy atom. The van der Waals surface area contributed by atoms with Gasteiger partial charge in [0.1, 0.15) is 6.54 Å². The molecule has 2 heterocycles. The summed E-state index contributed by atoms with van der Waals surface area (Å²) < 4.78 is 33.2. The molecule has 8 nitrogen and oxygen atoms in total. The van der Waals surface area contributed by atoms with Crippen molar-refractivity contribution in [2.75, 3.05) is 48.8 Å². The van der Waals surface area contributed by atoms with Crippen molar-refractivity contribution >= 4 is 45.0 Å². The molecule has 10 heteroatoms. The molecule has 0 spiro atoms. The van der Waals surface area contributed by atoms with E-state index in [0.717, 1.165) is 28.1 Å². The molecule has 1 saturated heterocycles. The van der Waals surface area contributed by atoms with Gasteiger partial charge in [-0.1, -0.05) is 32.0 Å². The topological polar surface area (TPSA) is 96.0 Å². The molecule has 0 bridgehead atoms. The number of hydrogen-bond acceptors (Lipinski definition) is 6. The first-order valence-electron chi connectivity index (χ1n) is 11.8. The Morgan fingerprint density at radius 1 is 1.20 bits per heavy atom. The average molecular weight is 518 g/mol. The van der Waals surface area contributed by atoms with Crippen molar-refractivity contribution in [3.63, 3.8) is 0 Å². The first-order valence-corrected chi connectivity index (χ1v) is 14.2. The molecule has 4 rings (SSSR count). The largest absolute Gasteiger partial charge is 0.379 e. The van der Waals surface area contributed by atoms with Crippen molar-refractivity contribution < 1.29 is 22.7 Å². The van der Waals surface area contributed by atoms with E-state index in [2.05, 4.69) is 5.32 Å². The quantitative estimate of drug-likeness (QED) is 0.632. The Labute approximate surface area is 211 Å². The van der Waals surface area contributed by atoms with Gasteiger partial charge >= 0.3 is 0 Å². The van der Waals surface area contributed by atoms with E-state index in [-0.39, 0.29) is 42.3 Å². The van der Waals surface area contributed by atoms with Gasteiger partial charge in [-0.05, 0) is 42.7 Å². The van der Waals surface area contributed by atoms with E-state index in [1.807, 2.05) is 39.0 Å². The number of amides is 2. The molecule has 1 fully saturated rings. The molecule has 0 aliphatic carbocycles. The number of carbonyl (C=O) groups excluding carboxylic acids is 2. The van der Waals surface area contributed by atoms with E-state index in [0.29, 0.717) is 24.7 Å². The summed E-state index contributed by atoms with van der Waals surface area (Å²) >= 11 is 1.50. The van der Waals surface area contributed by atoms with Crippen LogP contribution in [0, 0.1) is 12.8 Å². The molecule has 0 unspecified atom stereocenters. The summed E-state index contributed by atoms with van der Waals surface area (Å²) in [6.45, 7) is 6.85. The van der Waals surface area contributed by atoms with Gasteiger partial charge in [-0.3, -0.25) is 9.59 Å². The van der Waals surface area contributed by atoms with Crippen molar-refractivity contribution in [1.29, 1.82) is 0 Å². The number of fused-ring (bicyclic) bond motifs is 1. The van der Waals surface area contributed by atoms with Crippen LogP contribution in [0.1, 0.15) is 25.0 Å². The van der Waals surface area contributed by atoms with Crippen LogP contribution in [0.2, 0.25) is 0 Å². The number of ether oxygens (including phenoxy) is 1. The Balaban J connectivity index is 1.66. The van der Waals surface area contributed by atoms with Gasteiger partial charge in [0.05, 0.1) is 23.8 Å². The van der Waals surface area contributed by atoms with Gasteiger partial charge in [0.25, 0.3) is 0 Å². The van der Waals surface area contributed by atoms with Crippen LogP contribution in [-0.2, 0) is 30.8 Å². The fraction of sp³-hybridized carbons (Fsp3) is 0.440. The normalized spacial score (nSPS) is 19.2. The number of carbonyl (C=O) groups is 2. The van der Waals surface area contributed by atoms with Gasteiger partial charge in [0.2, 0.25) is 21.8 Å². The molecule has 2 aromatic carbocycles. The predicted octanol–water partition coefficient (Wildman–Crippen LogP) is 3.29. The van der Waals surface area contributed by atoms with E-state index in [4.69, 9.17) is 4.74 Å². The summed E-state index contributed by atoms with van der Waals surface area (Å²) in [7, 11) is -3.75. The fourth-order valence-corrected chi connectivity index (χ4v) is 6.77. The summed E-state index contributed by atoms with van der Waals surface area (Å²) in [5.41, 5.74) is 3.18. The number of thioether (sulfide) groups is 1. The maximum absolute atomic E-state index is 13.3. The van der Waals surface area contributed by atoms with Gasteiger partial charge in [0, 0.05) is 35.3 Å². The number of rotatable bonds is 6. The van der Waals surface area contributed by atoms with Gasteiger partial charge in [-0.2, -0.15) is 4.31 Å². The lowest BCUT2D eigenvalue weighted by Crippen LogP contribution is -2.42. The molecule has 1 N–H and O–H groups in total. The summed E-state index contributed by atoms with van der Waals surface area (Å²) in [4.78, 5) is 28.8. The molecule has 35 heavy (non-hydrogen) atoms. The molecule has 2 aliphatic rings. The SMILES string of the molecule is CCc1cccc(C)c1NC(=O)CN1C(=O)[C@@H](C)CSc2ccc(S(=O)(=O)N3CCOCC3)cc21. The van der Waals surface area contributed by atoms with Crippen LogP contribution in [0.25, 0.3) is 0 Å². The van der Waals surface area contributed by atoms with E-state index >= 15 is 0 Å². The van der Waals surface area contributed by atoms with Crippen LogP contribution in [0.3, 0.4) is 0 Å². The van der Waals surface area contributed by atoms with Crippen molar-refractivity contribution in [2.24, 2.45) is 5.92 Å². The van der Waals surface area contributed by atoms with Gasteiger partial charge in [0.15, 0.2) is 0 Å². The van der Waals surface area contributed by atoms with Crippen LogP contribution in [-0.4, -0.2) is 63.1 Å². The first kappa shape index (κ1) is 25.7. The minimum Gasteiger partial charge on any atom is -0.379 e. The predicted molar refractivity (Wildman–Crippen MR) is 137 cm³/mol. The molecular formula is C25H31N3O5S2. The summed E-state index contributed by atoms with van der Waals surface area (Å²) in [5.74, 6) is -0.289. The molecule has 1 atom stereocenters. The fourth-order valence-electron chi connectivity index (χ4n) is 4.29. The standard InChI is InChI=1S/C25H31N3O5S2/c1-4-19-7-5-6-17(2)24(19)26-23(29)15-28-21-14-20(35(31,32)27-10-12-33-13-11-27)8-9-22(21)34-16-18(3)25(28)30/h5-9,14,18H,4,10-13,15-16H2,1-3H3,(H,26,29)/t18-/m0/s1. The Hall–Kier alpha value is -2.40. The number of anilines is 2. The molecule has 2 aliphatic heterocycles. The highest BCUT2D eigenvalue weighted by Crippen LogP contribution is 2.38. The number of aryl methyl sites for hydroxylation is 2. The zero-order valence-corrected chi connectivity index (χ0v) is 21.9. The number of sulfonamides is 1. The maximum atomic E-state index is 13.3. The van der Waals surface area contributed by atoms with Crippen LogP contribution in [0.4, 0.5) is 11.4 Å². The minimum absolute atomic E-state index is 0.110. The van der Waals surface area contributed by atoms with E-state index in [1.54, 1.807) is 12.1 Å².